The predicted octanol–water partition coefficient (Wildman–Crippen LogP) is 3.97. The van der Waals surface area contributed by atoms with Crippen LogP contribution < -0.4 is 16.0 Å². The van der Waals surface area contributed by atoms with Crippen LogP contribution in [0.25, 0.3) is 0 Å². The molecule has 0 fully saturated rings. The number of rotatable bonds is 5. The average Bonchev–Trinajstić information content (AvgIpc) is 2.59. The molecule has 1 aromatic heterocycles. The lowest BCUT2D eigenvalue weighted by Crippen LogP contribution is -2.05. The Morgan fingerprint density at radius 2 is 1.72 bits per heavy atom. The maximum atomic E-state index is 11.0. The molecule has 3 aromatic rings. The number of para-hydroxylation sites is 1. The summed E-state index contributed by atoms with van der Waals surface area (Å²) in [4.78, 5) is 15.4. The first-order valence-corrected chi connectivity index (χ1v) is 7.84. The molecule has 0 aliphatic carbocycles. The van der Waals surface area contributed by atoms with Gasteiger partial charge < -0.3 is 16.0 Å². The number of amides is 1. The fourth-order valence-electron chi connectivity index (χ4n) is 2.09. The molecule has 0 saturated heterocycles. The van der Waals surface area contributed by atoms with E-state index >= 15 is 0 Å². The van der Waals surface area contributed by atoms with Gasteiger partial charge in [-0.05, 0) is 36.4 Å². The zero-order valence-electron chi connectivity index (χ0n) is 13.3. The molecule has 0 aliphatic rings. The summed E-state index contributed by atoms with van der Waals surface area (Å²) < 4.78 is 0. The Kier molecular flexibility index (Phi) is 5.06. The van der Waals surface area contributed by atoms with Crippen molar-refractivity contribution in [2.24, 2.45) is 0 Å². The number of carbonyl (C=O) groups excluding carboxylic acids is 1. The zero-order valence-corrected chi connectivity index (χ0v) is 14.1. The lowest BCUT2D eigenvalue weighted by atomic mass is 10.3. The molecule has 7 nitrogen and oxygen atoms in total. The zero-order chi connectivity index (χ0) is 17.6. The van der Waals surface area contributed by atoms with Crippen LogP contribution >= 0.6 is 11.6 Å². The molecule has 0 aliphatic heterocycles. The highest BCUT2D eigenvalue weighted by Crippen LogP contribution is 2.24. The van der Waals surface area contributed by atoms with Crippen molar-refractivity contribution < 1.29 is 4.79 Å². The van der Waals surface area contributed by atoms with Crippen molar-refractivity contribution in [2.45, 2.75) is 6.92 Å². The molecule has 3 N–H and O–H groups in total. The van der Waals surface area contributed by atoms with Crippen LogP contribution in [0.2, 0.25) is 5.02 Å². The first kappa shape index (κ1) is 16.7. The van der Waals surface area contributed by atoms with Gasteiger partial charge in [-0.3, -0.25) is 4.79 Å². The van der Waals surface area contributed by atoms with Crippen LogP contribution in [0.4, 0.5) is 28.8 Å². The Balaban J connectivity index is 1.71. The van der Waals surface area contributed by atoms with E-state index in [1.54, 1.807) is 18.2 Å². The number of halogens is 1. The molecule has 25 heavy (non-hydrogen) atoms. The molecule has 0 spiro atoms. The smallest absolute Gasteiger partial charge is 0.249 e. The van der Waals surface area contributed by atoms with Gasteiger partial charge in [0, 0.05) is 18.3 Å². The fourth-order valence-corrected chi connectivity index (χ4v) is 2.27. The summed E-state index contributed by atoms with van der Waals surface area (Å²) in [6.45, 7) is 1.46. The van der Waals surface area contributed by atoms with Crippen molar-refractivity contribution in [3.05, 3.63) is 59.8 Å². The number of benzene rings is 2. The van der Waals surface area contributed by atoms with Crippen LogP contribution in [-0.4, -0.2) is 21.1 Å². The third kappa shape index (κ3) is 4.65. The maximum Gasteiger partial charge on any atom is 0.249 e. The van der Waals surface area contributed by atoms with E-state index in [2.05, 4.69) is 31.1 Å². The molecule has 1 amide bonds. The van der Waals surface area contributed by atoms with Gasteiger partial charge in [-0.2, -0.15) is 10.1 Å². The molecule has 0 saturated carbocycles. The molecular formula is C17H15ClN6O. The van der Waals surface area contributed by atoms with Crippen LogP contribution in [0.1, 0.15) is 6.92 Å². The summed E-state index contributed by atoms with van der Waals surface area (Å²) >= 11 is 6.11. The summed E-state index contributed by atoms with van der Waals surface area (Å²) in [5, 5.41) is 17.3. The Bertz CT molecular complexity index is 884. The summed E-state index contributed by atoms with van der Waals surface area (Å²) in [5.74, 6) is 0.737. The summed E-state index contributed by atoms with van der Waals surface area (Å²) in [6, 6.07) is 14.5. The van der Waals surface area contributed by atoms with Crippen LogP contribution in [0.3, 0.4) is 0 Å². The minimum atomic E-state index is -0.115. The highest BCUT2D eigenvalue weighted by Gasteiger charge is 2.05. The van der Waals surface area contributed by atoms with Crippen LogP contribution in [0.15, 0.2) is 54.7 Å². The molecule has 1 heterocycles. The molecule has 0 unspecified atom stereocenters. The van der Waals surface area contributed by atoms with E-state index in [1.165, 1.54) is 13.1 Å². The molecule has 3 rings (SSSR count). The van der Waals surface area contributed by atoms with Gasteiger partial charge in [0.25, 0.3) is 0 Å². The van der Waals surface area contributed by atoms with E-state index in [-0.39, 0.29) is 5.91 Å². The summed E-state index contributed by atoms with van der Waals surface area (Å²) in [5.41, 5.74) is 2.22. The number of hydrogen-bond donors (Lipinski definition) is 3. The molecule has 126 valence electrons. The van der Waals surface area contributed by atoms with Gasteiger partial charge in [0.15, 0.2) is 5.82 Å². The SMILES string of the molecule is CC(=O)Nc1ccc(Nc2cnnc(Nc3ccccc3Cl)n2)cc1. The van der Waals surface area contributed by atoms with Gasteiger partial charge in [0.1, 0.15) is 0 Å². The standard InChI is InChI=1S/C17H15ClN6O/c1-11(25)20-12-6-8-13(9-7-12)21-16-10-19-24-17(23-16)22-15-5-3-2-4-14(15)18/h2-10H,1H3,(H,20,25)(H2,21,22,23,24). The van der Waals surface area contributed by atoms with Crippen molar-refractivity contribution in [3.63, 3.8) is 0 Å². The van der Waals surface area contributed by atoms with Gasteiger partial charge in [0.05, 0.1) is 16.9 Å². The number of nitrogens with zero attached hydrogens (tertiary/aromatic N) is 3. The van der Waals surface area contributed by atoms with Crippen molar-refractivity contribution in [2.75, 3.05) is 16.0 Å². The van der Waals surface area contributed by atoms with E-state index in [4.69, 9.17) is 11.6 Å². The van der Waals surface area contributed by atoms with Gasteiger partial charge >= 0.3 is 0 Å². The highest BCUT2D eigenvalue weighted by molar-refractivity contribution is 6.33. The first-order chi connectivity index (χ1) is 12.1. The van der Waals surface area contributed by atoms with E-state index < -0.39 is 0 Å². The third-order valence-electron chi connectivity index (χ3n) is 3.16. The van der Waals surface area contributed by atoms with Crippen LogP contribution in [-0.2, 0) is 4.79 Å². The van der Waals surface area contributed by atoms with Crippen molar-refractivity contribution in [1.29, 1.82) is 0 Å². The monoisotopic (exact) mass is 354 g/mol. The topological polar surface area (TPSA) is 91.8 Å². The van der Waals surface area contributed by atoms with Gasteiger partial charge in [-0.1, -0.05) is 23.7 Å². The number of hydrogen-bond acceptors (Lipinski definition) is 6. The number of nitrogens with one attached hydrogen (secondary N) is 3. The molecule has 0 bridgehead atoms. The van der Waals surface area contributed by atoms with Crippen molar-refractivity contribution in [1.82, 2.24) is 15.2 Å². The normalized spacial score (nSPS) is 10.2. The summed E-state index contributed by atoms with van der Waals surface area (Å²) in [7, 11) is 0. The van der Waals surface area contributed by atoms with Gasteiger partial charge in [-0.15, -0.1) is 5.10 Å². The van der Waals surface area contributed by atoms with Gasteiger partial charge in [0.2, 0.25) is 11.9 Å². The molecular weight excluding hydrogens is 340 g/mol. The summed E-state index contributed by atoms with van der Waals surface area (Å²) in [6.07, 6.45) is 1.51. The Morgan fingerprint density at radius 1 is 1.00 bits per heavy atom. The molecule has 0 radical (unpaired) electrons. The second-order valence-electron chi connectivity index (χ2n) is 5.15. The molecule has 8 heteroatoms. The minimum absolute atomic E-state index is 0.115. The van der Waals surface area contributed by atoms with Crippen LogP contribution in [0.5, 0.6) is 0 Å². The predicted molar refractivity (Wildman–Crippen MR) is 98.6 cm³/mol. The van der Waals surface area contributed by atoms with Crippen LogP contribution in [0, 0.1) is 0 Å². The van der Waals surface area contributed by atoms with Gasteiger partial charge in [-0.25, -0.2) is 0 Å². The van der Waals surface area contributed by atoms with E-state index in [0.29, 0.717) is 22.5 Å². The first-order valence-electron chi connectivity index (χ1n) is 7.46. The van der Waals surface area contributed by atoms with E-state index in [0.717, 1.165) is 11.4 Å². The highest BCUT2D eigenvalue weighted by atomic mass is 35.5. The third-order valence-corrected chi connectivity index (χ3v) is 3.49. The Hall–Kier alpha value is -3.19. The minimum Gasteiger partial charge on any atom is -0.339 e. The average molecular weight is 355 g/mol. The number of anilines is 5. The fraction of sp³-hybridized carbons (Fsp3) is 0.0588. The molecule has 0 atom stereocenters. The van der Waals surface area contributed by atoms with E-state index in [9.17, 15) is 4.79 Å². The Morgan fingerprint density at radius 3 is 2.44 bits per heavy atom. The number of carbonyl (C=O) groups is 1. The molecule has 2 aromatic carbocycles. The lowest BCUT2D eigenvalue weighted by Gasteiger charge is -2.09. The second kappa shape index (κ2) is 7.59. The second-order valence-corrected chi connectivity index (χ2v) is 5.56. The van der Waals surface area contributed by atoms with Crippen molar-refractivity contribution >= 4 is 46.3 Å². The number of aromatic nitrogens is 3. The quantitative estimate of drug-likeness (QED) is 0.642. The van der Waals surface area contributed by atoms with Crippen molar-refractivity contribution in [3.8, 4) is 0 Å². The largest absolute Gasteiger partial charge is 0.339 e. The maximum absolute atomic E-state index is 11.0. The van der Waals surface area contributed by atoms with E-state index in [1.807, 2.05) is 30.3 Å². The lowest BCUT2D eigenvalue weighted by molar-refractivity contribution is -0.114. The Labute approximate surface area is 149 Å².